The van der Waals surface area contributed by atoms with E-state index in [1.165, 1.54) is 6.92 Å². The Morgan fingerprint density at radius 1 is 1.00 bits per heavy atom. The molecule has 1 unspecified atom stereocenters. The van der Waals surface area contributed by atoms with Crippen LogP contribution in [0, 0.1) is 0 Å². The highest BCUT2D eigenvalue weighted by atomic mass is 32.2. The summed E-state index contributed by atoms with van der Waals surface area (Å²) in [5.41, 5.74) is 2.83. The molecule has 0 radical (unpaired) electrons. The molecule has 2 aromatic carbocycles. The van der Waals surface area contributed by atoms with Gasteiger partial charge >= 0.3 is 0 Å². The van der Waals surface area contributed by atoms with Crippen molar-refractivity contribution in [2.75, 3.05) is 6.26 Å². The molecule has 1 atom stereocenters. The van der Waals surface area contributed by atoms with E-state index in [9.17, 15) is 8.42 Å². The van der Waals surface area contributed by atoms with E-state index in [1.54, 1.807) is 12.1 Å². The minimum Gasteiger partial charge on any atom is -0.411 e. The Labute approximate surface area is 124 Å². The zero-order valence-electron chi connectivity index (χ0n) is 11.9. The summed E-state index contributed by atoms with van der Waals surface area (Å²) in [7, 11) is -3.32. The SMILES string of the molecule is CC(C(=NO)c1ccc(-c2ccccc2)cc1)S(C)(=O)=O. The normalized spacial score (nSPS) is 13.9. The lowest BCUT2D eigenvalue weighted by molar-refractivity contribution is 0.318. The number of rotatable bonds is 4. The van der Waals surface area contributed by atoms with Gasteiger partial charge in [-0.05, 0) is 18.1 Å². The van der Waals surface area contributed by atoms with Gasteiger partial charge in [0.25, 0.3) is 0 Å². The zero-order chi connectivity index (χ0) is 15.5. The van der Waals surface area contributed by atoms with Gasteiger partial charge in [0, 0.05) is 11.8 Å². The van der Waals surface area contributed by atoms with Crippen molar-refractivity contribution in [3.8, 4) is 11.1 Å². The molecule has 0 heterocycles. The molecule has 2 rings (SSSR count). The van der Waals surface area contributed by atoms with Crippen LogP contribution in [0.25, 0.3) is 11.1 Å². The van der Waals surface area contributed by atoms with E-state index < -0.39 is 15.1 Å². The summed E-state index contributed by atoms with van der Waals surface area (Å²) in [4.78, 5) is 0. The van der Waals surface area contributed by atoms with Gasteiger partial charge in [0.05, 0.1) is 0 Å². The van der Waals surface area contributed by atoms with E-state index in [0.717, 1.165) is 17.4 Å². The van der Waals surface area contributed by atoms with Crippen LogP contribution in [-0.2, 0) is 9.84 Å². The highest BCUT2D eigenvalue weighted by Gasteiger charge is 2.23. The van der Waals surface area contributed by atoms with Crippen LogP contribution in [0.3, 0.4) is 0 Å². The topological polar surface area (TPSA) is 66.7 Å². The average Bonchev–Trinajstić information content (AvgIpc) is 2.48. The highest BCUT2D eigenvalue weighted by Crippen LogP contribution is 2.20. The first-order valence-electron chi connectivity index (χ1n) is 6.50. The quantitative estimate of drug-likeness (QED) is 0.536. The number of hydrogen-bond acceptors (Lipinski definition) is 4. The fourth-order valence-electron chi connectivity index (χ4n) is 2.04. The molecule has 1 N–H and O–H groups in total. The minimum atomic E-state index is -3.32. The number of benzene rings is 2. The van der Waals surface area contributed by atoms with Crippen LogP contribution in [0.5, 0.6) is 0 Å². The molecule has 0 spiro atoms. The molecule has 0 aromatic heterocycles. The molecule has 0 aliphatic rings. The first-order chi connectivity index (χ1) is 9.93. The van der Waals surface area contributed by atoms with Crippen molar-refractivity contribution in [3.63, 3.8) is 0 Å². The van der Waals surface area contributed by atoms with Gasteiger partial charge in [0.1, 0.15) is 11.0 Å². The Morgan fingerprint density at radius 2 is 1.52 bits per heavy atom. The summed E-state index contributed by atoms with van der Waals surface area (Å²) < 4.78 is 23.2. The summed E-state index contributed by atoms with van der Waals surface area (Å²) in [6, 6.07) is 17.1. The van der Waals surface area contributed by atoms with Crippen LogP contribution >= 0.6 is 0 Å². The Balaban J connectivity index is 2.35. The molecular formula is C16H17NO3S. The molecule has 0 amide bonds. The van der Waals surface area contributed by atoms with Crippen LogP contribution < -0.4 is 0 Å². The maximum absolute atomic E-state index is 11.6. The number of nitrogens with zero attached hydrogens (tertiary/aromatic N) is 1. The fourth-order valence-corrected chi connectivity index (χ4v) is 2.63. The molecule has 0 aliphatic heterocycles. The number of sulfone groups is 1. The largest absolute Gasteiger partial charge is 0.411 e. The van der Waals surface area contributed by atoms with Gasteiger partial charge in [0.2, 0.25) is 0 Å². The lowest BCUT2D eigenvalue weighted by Gasteiger charge is -2.12. The molecule has 0 saturated carbocycles. The van der Waals surface area contributed by atoms with Crippen LogP contribution in [0.15, 0.2) is 59.8 Å². The summed E-state index contributed by atoms with van der Waals surface area (Å²) in [5, 5.41) is 11.4. The van der Waals surface area contributed by atoms with E-state index in [-0.39, 0.29) is 5.71 Å². The molecule has 4 nitrogen and oxygen atoms in total. The number of oxime groups is 1. The van der Waals surface area contributed by atoms with Crippen molar-refractivity contribution in [1.82, 2.24) is 0 Å². The highest BCUT2D eigenvalue weighted by molar-refractivity contribution is 7.92. The fraction of sp³-hybridized carbons (Fsp3) is 0.188. The molecule has 110 valence electrons. The van der Waals surface area contributed by atoms with Gasteiger partial charge < -0.3 is 5.21 Å². The van der Waals surface area contributed by atoms with Crippen molar-refractivity contribution in [1.29, 1.82) is 0 Å². The van der Waals surface area contributed by atoms with Gasteiger partial charge in [-0.15, -0.1) is 0 Å². The predicted octanol–water partition coefficient (Wildman–Crippen LogP) is 2.97. The van der Waals surface area contributed by atoms with E-state index in [1.807, 2.05) is 42.5 Å². The van der Waals surface area contributed by atoms with Crippen LogP contribution in [0.2, 0.25) is 0 Å². The maximum atomic E-state index is 11.6. The molecule has 2 aromatic rings. The third-order valence-electron chi connectivity index (χ3n) is 3.42. The standard InChI is InChI=1S/C16H17NO3S/c1-12(21(2,19)20)16(17-18)15-10-8-14(9-11-15)13-6-4-3-5-7-13/h3-12,18H,1-2H3. The minimum absolute atomic E-state index is 0.150. The second-order valence-electron chi connectivity index (χ2n) is 4.90. The third-order valence-corrected chi connectivity index (χ3v) is 4.93. The lowest BCUT2D eigenvalue weighted by Crippen LogP contribution is -2.27. The van der Waals surface area contributed by atoms with Crippen LogP contribution in [0.4, 0.5) is 0 Å². The van der Waals surface area contributed by atoms with E-state index in [4.69, 9.17) is 5.21 Å². The summed E-state index contributed by atoms with van der Waals surface area (Å²) >= 11 is 0. The van der Waals surface area contributed by atoms with Crippen molar-refractivity contribution in [2.45, 2.75) is 12.2 Å². The first-order valence-corrected chi connectivity index (χ1v) is 8.45. The number of hydrogen-bond donors (Lipinski definition) is 1. The molecule has 5 heteroatoms. The van der Waals surface area contributed by atoms with Gasteiger partial charge in [-0.1, -0.05) is 59.8 Å². The first kappa shape index (κ1) is 15.3. The second kappa shape index (κ2) is 6.10. The second-order valence-corrected chi connectivity index (χ2v) is 7.27. The Morgan fingerprint density at radius 3 is 2.00 bits per heavy atom. The Bertz CT molecular complexity index is 735. The molecule has 0 saturated heterocycles. The predicted molar refractivity (Wildman–Crippen MR) is 84.5 cm³/mol. The van der Waals surface area contributed by atoms with Crippen molar-refractivity contribution < 1.29 is 13.6 Å². The molecule has 0 bridgehead atoms. The van der Waals surface area contributed by atoms with Gasteiger partial charge in [-0.2, -0.15) is 0 Å². The van der Waals surface area contributed by atoms with E-state index in [2.05, 4.69) is 5.16 Å². The molecule has 0 aliphatic carbocycles. The molecule has 0 fully saturated rings. The smallest absolute Gasteiger partial charge is 0.155 e. The Kier molecular flexibility index (Phi) is 4.43. The average molecular weight is 303 g/mol. The van der Waals surface area contributed by atoms with Crippen LogP contribution in [-0.4, -0.2) is 30.8 Å². The van der Waals surface area contributed by atoms with Crippen LogP contribution in [0.1, 0.15) is 12.5 Å². The monoisotopic (exact) mass is 303 g/mol. The van der Waals surface area contributed by atoms with E-state index >= 15 is 0 Å². The van der Waals surface area contributed by atoms with Crippen molar-refractivity contribution in [2.24, 2.45) is 5.16 Å². The van der Waals surface area contributed by atoms with E-state index in [0.29, 0.717) is 5.56 Å². The maximum Gasteiger partial charge on any atom is 0.155 e. The molecular weight excluding hydrogens is 286 g/mol. The molecule has 21 heavy (non-hydrogen) atoms. The van der Waals surface area contributed by atoms with Gasteiger partial charge in [0.15, 0.2) is 9.84 Å². The van der Waals surface area contributed by atoms with Crippen molar-refractivity contribution >= 4 is 15.5 Å². The van der Waals surface area contributed by atoms with Gasteiger partial charge in [-0.3, -0.25) is 0 Å². The Hall–Kier alpha value is -2.14. The summed E-state index contributed by atoms with van der Waals surface area (Å²) in [6.07, 6.45) is 1.13. The van der Waals surface area contributed by atoms with Gasteiger partial charge in [-0.25, -0.2) is 8.42 Å². The lowest BCUT2D eigenvalue weighted by atomic mass is 10.0. The summed E-state index contributed by atoms with van der Waals surface area (Å²) in [6.45, 7) is 1.51. The van der Waals surface area contributed by atoms with Crippen molar-refractivity contribution in [3.05, 3.63) is 60.2 Å². The third kappa shape index (κ3) is 3.49. The zero-order valence-corrected chi connectivity index (χ0v) is 12.7. The summed E-state index contributed by atoms with van der Waals surface area (Å²) in [5.74, 6) is 0.